The number of amides is 1. The summed E-state index contributed by atoms with van der Waals surface area (Å²) in [5.41, 5.74) is 2.49. The molecule has 1 amide bonds. The highest BCUT2D eigenvalue weighted by Crippen LogP contribution is 2.30. The second kappa shape index (κ2) is 8.26. The van der Waals surface area contributed by atoms with E-state index < -0.39 is 0 Å². The fraction of sp³-hybridized carbons (Fsp3) is 0.227. The lowest BCUT2D eigenvalue weighted by molar-refractivity contribution is 0.0602. The summed E-state index contributed by atoms with van der Waals surface area (Å²) in [7, 11) is 0. The predicted octanol–water partition coefficient (Wildman–Crippen LogP) is 4.95. The summed E-state index contributed by atoms with van der Waals surface area (Å²) in [6.07, 6.45) is 0. The number of nitrogens with zero attached hydrogens (tertiary/aromatic N) is 2. The molecule has 0 spiro atoms. The van der Waals surface area contributed by atoms with Crippen molar-refractivity contribution in [1.82, 2.24) is 9.80 Å². The molecule has 138 valence electrons. The van der Waals surface area contributed by atoms with Crippen molar-refractivity contribution < 1.29 is 4.79 Å². The van der Waals surface area contributed by atoms with E-state index in [1.54, 1.807) is 0 Å². The van der Waals surface area contributed by atoms with Crippen LogP contribution in [0.5, 0.6) is 0 Å². The van der Waals surface area contributed by atoms with Gasteiger partial charge in [-0.15, -0.1) is 11.3 Å². The second-order valence-corrected chi connectivity index (χ2v) is 8.05. The molecule has 0 aliphatic carbocycles. The average Bonchev–Trinajstić information content (AvgIpc) is 3.25. The third-order valence-corrected chi connectivity index (χ3v) is 6.11. The molecule has 2 heterocycles. The number of hydrogen-bond donors (Lipinski definition) is 0. The van der Waals surface area contributed by atoms with Crippen molar-refractivity contribution in [2.24, 2.45) is 0 Å². The van der Waals surface area contributed by atoms with Gasteiger partial charge < -0.3 is 4.90 Å². The molecule has 0 saturated carbocycles. The van der Waals surface area contributed by atoms with Crippen LogP contribution in [0.1, 0.15) is 26.8 Å². The van der Waals surface area contributed by atoms with Gasteiger partial charge in [0.1, 0.15) is 0 Å². The Hall–Kier alpha value is -2.14. The van der Waals surface area contributed by atoms with Gasteiger partial charge in [0.25, 0.3) is 5.91 Å². The zero-order valence-electron chi connectivity index (χ0n) is 14.9. The standard InChI is InChI=1S/C22H21ClN2OS/c23-19-10-8-18(9-11-19)21(17-5-2-1-3-6-17)24-12-14-25(15-13-24)22(26)20-7-4-16-27-20/h1-11,16,21H,12-15H2. The number of thiophene rings is 1. The zero-order chi connectivity index (χ0) is 18.6. The van der Waals surface area contributed by atoms with Crippen molar-refractivity contribution in [3.8, 4) is 0 Å². The highest BCUT2D eigenvalue weighted by atomic mass is 35.5. The third-order valence-electron chi connectivity index (χ3n) is 5.00. The van der Waals surface area contributed by atoms with Crippen LogP contribution in [0.25, 0.3) is 0 Å². The molecule has 3 aromatic rings. The van der Waals surface area contributed by atoms with Gasteiger partial charge in [0, 0.05) is 31.2 Å². The molecular formula is C22H21ClN2OS. The van der Waals surface area contributed by atoms with E-state index in [0.29, 0.717) is 0 Å². The molecule has 1 aromatic heterocycles. The molecule has 1 aliphatic heterocycles. The third kappa shape index (κ3) is 4.08. The van der Waals surface area contributed by atoms with Crippen molar-refractivity contribution in [2.45, 2.75) is 6.04 Å². The van der Waals surface area contributed by atoms with Crippen molar-refractivity contribution in [3.05, 3.63) is 93.1 Å². The first kappa shape index (κ1) is 18.2. The highest BCUT2D eigenvalue weighted by Gasteiger charge is 2.28. The Bertz CT molecular complexity index is 872. The Labute approximate surface area is 168 Å². The van der Waals surface area contributed by atoms with E-state index in [-0.39, 0.29) is 11.9 Å². The molecular weight excluding hydrogens is 376 g/mol. The Morgan fingerprint density at radius 1 is 0.852 bits per heavy atom. The molecule has 0 radical (unpaired) electrons. The molecule has 1 saturated heterocycles. The molecule has 1 unspecified atom stereocenters. The summed E-state index contributed by atoms with van der Waals surface area (Å²) in [5.74, 6) is 0.146. The molecule has 1 fully saturated rings. The van der Waals surface area contributed by atoms with Crippen LogP contribution in [0.3, 0.4) is 0 Å². The molecule has 2 aromatic carbocycles. The lowest BCUT2D eigenvalue weighted by atomic mass is 9.96. The van der Waals surface area contributed by atoms with Gasteiger partial charge in [-0.3, -0.25) is 9.69 Å². The second-order valence-electron chi connectivity index (χ2n) is 6.67. The average molecular weight is 397 g/mol. The van der Waals surface area contributed by atoms with Gasteiger partial charge in [0.15, 0.2) is 0 Å². The number of piperazine rings is 1. The Morgan fingerprint density at radius 3 is 2.15 bits per heavy atom. The minimum Gasteiger partial charge on any atom is -0.335 e. The van der Waals surface area contributed by atoms with E-state index in [2.05, 4.69) is 41.3 Å². The van der Waals surface area contributed by atoms with Gasteiger partial charge in [-0.05, 0) is 34.7 Å². The first-order chi connectivity index (χ1) is 13.2. The normalized spacial score (nSPS) is 16.3. The maximum absolute atomic E-state index is 12.6. The van der Waals surface area contributed by atoms with Gasteiger partial charge in [-0.2, -0.15) is 0 Å². The van der Waals surface area contributed by atoms with Gasteiger partial charge in [0.05, 0.1) is 10.9 Å². The summed E-state index contributed by atoms with van der Waals surface area (Å²) in [5, 5.41) is 2.70. The Morgan fingerprint density at radius 2 is 1.52 bits per heavy atom. The summed E-state index contributed by atoms with van der Waals surface area (Å²) < 4.78 is 0. The van der Waals surface area contributed by atoms with Crippen molar-refractivity contribution >= 4 is 28.8 Å². The number of benzene rings is 2. The van der Waals surface area contributed by atoms with Gasteiger partial charge in [-0.1, -0.05) is 60.1 Å². The Balaban J connectivity index is 1.54. The molecule has 0 N–H and O–H groups in total. The summed E-state index contributed by atoms with van der Waals surface area (Å²) in [4.78, 5) is 17.9. The summed E-state index contributed by atoms with van der Waals surface area (Å²) in [6.45, 7) is 3.18. The van der Waals surface area contributed by atoms with Gasteiger partial charge in [-0.25, -0.2) is 0 Å². The van der Waals surface area contributed by atoms with E-state index in [1.165, 1.54) is 22.5 Å². The quantitative estimate of drug-likeness (QED) is 0.623. The fourth-order valence-corrected chi connectivity index (χ4v) is 4.45. The first-order valence-corrected chi connectivity index (χ1v) is 10.4. The maximum atomic E-state index is 12.6. The van der Waals surface area contributed by atoms with Crippen molar-refractivity contribution in [1.29, 1.82) is 0 Å². The topological polar surface area (TPSA) is 23.6 Å². The van der Waals surface area contributed by atoms with Crippen LogP contribution < -0.4 is 0 Å². The number of carbonyl (C=O) groups excluding carboxylic acids is 1. The summed E-state index contributed by atoms with van der Waals surface area (Å²) in [6, 6.07) is 22.6. The monoisotopic (exact) mass is 396 g/mol. The van der Waals surface area contributed by atoms with E-state index in [0.717, 1.165) is 36.1 Å². The molecule has 0 bridgehead atoms. The van der Waals surface area contributed by atoms with E-state index in [9.17, 15) is 4.79 Å². The highest BCUT2D eigenvalue weighted by molar-refractivity contribution is 7.12. The van der Waals surface area contributed by atoms with Gasteiger partial charge in [0.2, 0.25) is 0 Å². The lowest BCUT2D eigenvalue weighted by Crippen LogP contribution is -2.49. The van der Waals surface area contributed by atoms with Crippen molar-refractivity contribution in [2.75, 3.05) is 26.2 Å². The van der Waals surface area contributed by atoms with Crippen LogP contribution in [0.4, 0.5) is 0 Å². The van der Waals surface area contributed by atoms with E-state index >= 15 is 0 Å². The molecule has 1 aliphatic rings. The number of carbonyl (C=O) groups is 1. The van der Waals surface area contributed by atoms with Crippen LogP contribution in [0.2, 0.25) is 5.02 Å². The van der Waals surface area contributed by atoms with Gasteiger partial charge >= 0.3 is 0 Å². The van der Waals surface area contributed by atoms with E-state index in [1.807, 2.05) is 40.6 Å². The Kier molecular flexibility index (Phi) is 5.58. The number of hydrogen-bond acceptors (Lipinski definition) is 3. The maximum Gasteiger partial charge on any atom is 0.264 e. The largest absolute Gasteiger partial charge is 0.335 e. The van der Waals surface area contributed by atoms with Crippen LogP contribution >= 0.6 is 22.9 Å². The van der Waals surface area contributed by atoms with Crippen molar-refractivity contribution in [3.63, 3.8) is 0 Å². The van der Waals surface area contributed by atoms with Crippen LogP contribution in [0, 0.1) is 0 Å². The smallest absolute Gasteiger partial charge is 0.264 e. The number of halogens is 1. The SMILES string of the molecule is O=C(c1cccs1)N1CCN(C(c2ccccc2)c2ccc(Cl)cc2)CC1. The van der Waals surface area contributed by atoms with Crippen LogP contribution in [0.15, 0.2) is 72.1 Å². The fourth-order valence-electron chi connectivity index (χ4n) is 3.63. The first-order valence-electron chi connectivity index (χ1n) is 9.09. The minimum atomic E-state index is 0.146. The molecule has 5 heteroatoms. The predicted molar refractivity (Wildman–Crippen MR) is 112 cm³/mol. The van der Waals surface area contributed by atoms with E-state index in [4.69, 9.17) is 11.6 Å². The minimum absolute atomic E-state index is 0.146. The van der Waals surface area contributed by atoms with Crippen LogP contribution in [-0.4, -0.2) is 41.9 Å². The zero-order valence-corrected chi connectivity index (χ0v) is 16.5. The number of rotatable bonds is 4. The van der Waals surface area contributed by atoms with Crippen LogP contribution in [-0.2, 0) is 0 Å². The molecule has 4 rings (SSSR count). The summed E-state index contributed by atoms with van der Waals surface area (Å²) >= 11 is 7.60. The molecule has 27 heavy (non-hydrogen) atoms. The lowest BCUT2D eigenvalue weighted by Gasteiger charge is -2.39. The molecule has 1 atom stereocenters. The molecule has 3 nitrogen and oxygen atoms in total.